The summed E-state index contributed by atoms with van der Waals surface area (Å²) >= 11 is 0. The third-order valence-corrected chi connectivity index (χ3v) is 6.53. The Balaban J connectivity index is 2.52. The highest BCUT2D eigenvalue weighted by Crippen LogP contribution is 2.47. The Morgan fingerprint density at radius 2 is 2.14 bits per heavy atom. The first kappa shape index (κ1) is 22.8. The van der Waals surface area contributed by atoms with Gasteiger partial charge in [-0.15, -0.1) is 0 Å². The van der Waals surface area contributed by atoms with Crippen LogP contribution < -0.4 is 21.7 Å². The molecule has 1 aromatic rings. The molecule has 0 bridgehead atoms. The molecule has 8 N–H and O–H groups in total. The molecule has 1 aliphatic heterocycles. The smallest absolute Gasteiger partial charge is 0.481 e. The average Bonchev–Trinajstić information content (AvgIpc) is 3.01. The predicted molar refractivity (Wildman–Crippen MR) is 105 cm³/mol. The highest BCUT2D eigenvalue weighted by molar-refractivity contribution is 7.87. The van der Waals surface area contributed by atoms with Gasteiger partial charge in [0.2, 0.25) is 0 Å². The maximum atomic E-state index is 12.6. The van der Waals surface area contributed by atoms with E-state index in [0.717, 1.165) is 4.31 Å². The summed E-state index contributed by atoms with van der Waals surface area (Å²) in [7, 11) is -5.65. The fourth-order valence-corrected chi connectivity index (χ4v) is 5.08. The standard InChI is InChI=1S/C16H27BN4O6S/c1-11(19)8-16(15(22)23)10-21(28(26,27)20-6-5-18)9-14(16)12-3-2-4-13(7-12)17(24)25/h2-4,7,11,14,20,24-25H,5-6,8-10,18-19H2,1H3,(H,22,23)/t11-,14-,16-/m0/s1. The third-order valence-electron chi connectivity index (χ3n) is 5.00. The Labute approximate surface area is 164 Å². The fourth-order valence-electron chi connectivity index (χ4n) is 3.78. The van der Waals surface area contributed by atoms with E-state index >= 15 is 0 Å². The number of benzene rings is 1. The lowest BCUT2D eigenvalue weighted by molar-refractivity contribution is -0.149. The molecule has 1 aromatic carbocycles. The van der Waals surface area contributed by atoms with Crippen LogP contribution in [0.15, 0.2) is 24.3 Å². The molecule has 0 aliphatic carbocycles. The number of carboxylic acid groups (broad SMARTS) is 1. The molecule has 2 rings (SSSR count). The molecular weight excluding hydrogens is 387 g/mol. The number of nitrogens with zero attached hydrogens (tertiary/aromatic N) is 1. The Morgan fingerprint density at radius 3 is 2.68 bits per heavy atom. The lowest BCUT2D eigenvalue weighted by Gasteiger charge is -2.32. The van der Waals surface area contributed by atoms with E-state index in [0.29, 0.717) is 5.56 Å². The van der Waals surface area contributed by atoms with Crippen molar-refractivity contribution < 1.29 is 28.4 Å². The van der Waals surface area contributed by atoms with Crippen LogP contribution in [0, 0.1) is 5.41 Å². The van der Waals surface area contributed by atoms with E-state index in [9.17, 15) is 28.4 Å². The van der Waals surface area contributed by atoms with Crippen LogP contribution in [0.2, 0.25) is 0 Å². The molecule has 12 heteroatoms. The molecule has 0 saturated carbocycles. The van der Waals surface area contributed by atoms with E-state index in [1.165, 1.54) is 12.1 Å². The molecule has 1 heterocycles. The van der Waals surface area contributed by atoms with Crippen LogP contribution in [0.3, 0.4) is 0 Å². The lowest BCUT2D eigenvalue weighted by Crippen LogP contribution is -2.45. The van der Waals surface area contributed by atoms with E-state index in [1.807, 2.05) is 0 Å². The van der Waals surface area contributed by atoms with Crippen LogP contribution in [-0.2, 0) is 15.0 Å². The van der Waals surface area contributed by atoms with E-state index < -0.39 is 40.7 Å². The molecule has 1 saturated heterocycles. The molecule has 1 fully saturated rings. The van der Waals surface area contributed by atoms with Crippen molar-refractivity contribution in [2.75, 3.05) is 26.2 Å². The van der Waals surface area contributed by atoms with Gasteiger partial charge in [-0.25, -0.2) is 4.72 Å². The van der Waals surface area contributed by atoms with E-state index in [2.05, 4.69) is 4.72 Å². The number of hydrogen-bond donors (Lipinski definition) is 6. The van der Waals surface area contributed by atoms with E-state index in [-0.39, 0.29) is 38.1 Å². The highest BCUT2D eigenvalue weighted by atomic mass is 32.2. The van der Waals surface area contributed by atoms with Gasteiger partial charge in [-0.1, -0.05) is 24.3 Å². The number of nitrogens with two attached hydrogens (primary N) is 2. The molecule has 0 unspecified atom stereocenters. The van der Waals surface area contributed by atoms with Gasteiger partial charge < -0.3 is 26.6 Å². The van der Waals surface area contributed by atoms with Gasteiger partial charge in [-0.3, -0.25) is 4.79 Å². The highest BCUT2D eigenvalue weighted by Gasteiger charge is 2.55. The second-order valence-electron chi connectivity index (χ2n) is 7.22. The van der Waals surface area contributed by atoms with E-state index in [4.69, 9.17) is 11.5 Å². The number of carboxylic acids is 1. The number of nitrogens with one attached hydrogen (secondary N) is 1. The van der Waals surface area contributed by atoms with Crippen LogP contribution in [0.25, 0.3) is 0 Å². The van der Waals surface area contributed by atoms with Gasteiger partial charge in [-0.05, 0) is 24.4 Å². The minimum absolute atomic E-state index is 0.0308. The molecule has 1 aliphatic rings. The second-order valence-corrected chi connectivity index (χ2v) is 8.97. The molecule has 0 radical (unpaired) electrons. The van der Waals surface area contributed by atoms with Crippen molar-refractivity contribution in [2.45, 2.75) is 25.3 Å². The Bertz CT molecular complexity index is 806. The maximum absolute atomic E-state index is 12.6. The number of rotatable bonds is 9. The van der Waals surface area contributed by atoms with Gasteiger partial charge in [0.25, 0.3) is 10.2 Å². The summed E-state index contributed by atoms with van der Waals surface area (Å²) in [6.45, 7) is 1.48. The molecule has 156 valence electrons. The summed E-state index contributed by atoms with van der Waals surface area (Å²) in [4.78, 5) is 12.3. The average molecular weight is 414 g/mol. The first-order valence-corrected chi connectivity index (χ1v) is 10.4. The zero-order valence-corrected chi connectivity index (χ0v) is 16.5. The van der Waals surface area contributed by atoms with Crippen molar-refractivity contribution in [1.82, 2.24) is 9.03 Å². The van der Waals surface area contributed by atoms with Crippen molar-refractivity contribution in [2.24, 2.45) is 16.9 Å². The summed E-state index contributed by atoms with van der Waals surface area (Å²) in [5, 5.41) is 29.0. The van der Waals surface area contributed by atoms with Gasteiger partial charge in [0.05, 0.1) is 5.41 Å². The van der Waals surface area contributed by atoms with Gasteiger partial charge in [0.15, 0.2) is 0 Å². The molecule has 0 aromatic heterocycles. The van der Waals surface area contributed by atoms with Crippen molar-refractivity contribution in [1.29, 1.82) is 0 Å². The van der Waals surface area contributed by atoms with Crippen molar-refractivity contribution in [3.05, 3.63) is 29.8 Å². The number of aliphatic carboxylic acids is 1. The van der Waals surface area contributed by atoms with Gasteiger partial charge in [0, 0.05) is 38.1 Å². The Hall–Kier alpha value is -1.54. The second kappa shape index (κ2) is 8.86. The predicted octanol–water partition coefficient (Wildman–Crippen LogP) is -2.63. The summed E-state index contributed by atoms with van der Waals surface area (Å²) < 4.78 is 28.6. The Kier molecular flexibility index (Phi) is 7.20. The van der Waals surface area contributed by atoms with Crippen molar-refractivity contribution >= 4 is 28.8 Å². The van der Waals surface area contributed by atoms with Crippen LogP contribution in [0.4, 0.5) is 0 Å². The van der Waals surface area contributed by atoms with Crippen molar-refractivity contribution in [3.8, 4) is 0 Å². The lowest BCUT2D eigenvalue weighted by atomic mass is 9.69. The van der Waals surface area contributed by atoms with Gasteiger partial charge >= 0.3 is 13.1 Å². The SMILES string of the molecule is C[C@H](N)C[C@]1(C(=O)O)CN(S(=O)(=O)NCCN)C[C@H]1c1cccc(B(O)O)c1. The summed E-state index contributed by atoms with van der Waals surface area (Å²) in [5.74, 6) is -1.87. The monoisotopic (exact) mass is 414 g/mol. The minimum Gasteiger partial charge on any atom is -0.481 e. The fraction of sp³-hybridized carbons (Fsp3) is 0.562. The number of hydrogen-bond acceptors (Lipinski definition) is 7. The quantitative estimate of drug-likeness (QED) is 0.237. The molecular formula is C16H27BN4O6S. The van der Waals surface area contributed by atoms with Crippen molar-refractivity contribution in [3.63, 3.8) is 0 Å². The number of carbonyl (C=O) groups is 1. The van der Waals surface area contributed by atoms with Crippen LogP contribution >= 0.6 is 0 Å². The summed E-state index contributed by atoms with van der Waals surface area (Å²) in [6.07, 6.45) is 0.0574. The third kappa shape index (κ3) is 4.71. The first-order valence-electron chi connectivity index (χ1n) is 8.93. The van der Waals surface area contributed by atoms with E-state index in [1.54, 1.807) is 19.1 Å². The zero-order valence-electron chi connectivity index (χ0n) is 15.7. The summed E-state index contributed by atoms with van der Waals surface area (Å²) in [5.41, 5.74) is 10.5. The zero-order chi connectivity index (χ0) is 21.1. The van der Waals surface area contributed by atoms with Gasteiger partial charge in [0.1, 0.15) is 0 Å². The molecule has 10 nitrogen and oxygen atoms in total. The van der Waals surface area contributed by atoms with Crippen LogP contribution in [-0.4, -0.2) is 73.2 Å². The maximum Gasteiger partial charge on any atom is 0.488 e. The Morgan fingerprint density at radius 1 is 1.46 bits per heavy atom. The minimum atomic E-state index is -3.93. The van der Waals surface area contributed by atoms with Crippen LogP contribution in [0.5, 0.6) is 0 Å². The largest absolute Gasteiger partial charge is 0.488 e. The first-order chi connectivity index (χ1) is 13.0. The summed E-state index contributed by atoms with van der Waals surface area (Å²) in [6, 6.07) is 5.72. The normalized spacial score (nSPS) is 24.2. The van der Waals surface area contributed by atoms with Gasteiger partial charge in [-0.2, -0.15) is 12.7 Å². The molecule has 28 heavy (non-hydrogen) atoms. The molecule has 0 amide bonds. The topological polar surface area (TPSA) is 179 Å². The molecule has 3 atom stereocenters. The molecule has 0 spiro atoms. The van der Waals surface area contributed by atoms with Crippen LogP contribution in [0.1, 0.15) is 24.8 Å².